The first-order chi connectivity index (χ1) is 17.7. The van der Waals surface area contributed by atoms with Crippen molar-refractivity contribution in [2.75, 3.05) is 27.2 Å². The SMILES string of the molecule is CN(C)S(=O)(=O)c1cc(Cl)c(OC(F)(F)F)cc1/C=C/C(=O)N1C2CCC1CN(Cc1ccc(F)cc1)C2. The van der Waals surface area contributed by atoms with Crippen LogP contribution in [0.4, 0.5) is 17.6 Å². The fraction of sp³-hybridized carbons (Fsp3) is 0.400. The fourth-order valence-electron chi connectivity index (χ4n) is 4.88. The van der Waals surface area contributed by atoms with Gasteiger partial charge >= 0.3 is 6.36 Å². The van der Waals surface area contributed by atoms with Gasteiger partial charge in [-0.3, -0.25) is 9.69 Å². The molecule has 13 heteroatoms. The van der Waals surface area contributed by atoms with Gasteiger partial charge in [0, 0.05) is 51.9 Å². The molecule has 2 heterocycles. The molecule has 2 aliphatic heterocycles. The summed E-state index contributed by atoms with van der Waals surface area (Å²) in [4.78, 5) is 16.8. The number of piperazine rings is 1. The van der Waals surface area contributed by atoms with Gasteiger partial charge in [-0.05, 0) is 54.3 Å². The zero-order valence-electron chi connectivity index (χ0n) is 20.6. The molecule has 0 spiro atoms. The van der Waals surface area contributed by atoms with Crippen LogP contribution in [0, 0.1) is 5.82 Å². The Kier molecular flexibility index (Phi) is 8.08. The summed E-state index contributed by atoms with van der Waals surface area (Å²) in [7, 11) is -1.57. The molecule has 38 heavy (non-hydrogen) atoms. The number of rotatable bonds is 7. The molecule has 1 amide bonds. The maximum absolute atomic E-state index is 13.2. The summed E-state index contributed by atoms with van der Waals surface area (Å²) < 4.78 is 82.2. The second kappa shape index (κ2) is 10.8. The van der Waals surface area contributed by atoms with E-state index in [1.54, 1.807) is 17.0 Å². The minimum atomic E-state index is -5.05. The van der Waals surface area contributed by atoms with Crippen molar-refractivity contribution in [3.8, 4) is 5.75 Å². The summed E-state index contributed by atoms with van der Waals surface area (Å²) in [5.74, 6) is -1.46. The highest BCUT2D eigenvalue weighted by Gasteiger charge is 2.41. The second-order valence-corrected chi connectivity index (χ2v) is 12.0. The van der Waals surface area contributed by atoms with Crippen molar-refractivity contribution in [1.29, 1.82) is 0 Å². The smallest absolute Gasteiger partial charge is 0.404 e. The van der Waals surface area contributed by atoms with Gasteiger partial charge in [-0.25, -0.2) is 17.1 Å². The van der Waals surface area contributed by atoms with E-state index in [9.17, 15) is 30.8 Å². The molecule has 2 aromatic carbocycles. The molecular formula is C25H26ClF4N3O4S. The third-order valence-corrected chi connectivity index (χ3v) is 8.75. The van der Waals surface area contributed by atoms with E-state index in [1.807, 2.05) is 0 Å². The van der Waals surface area contributed by atoms with Crippen molar-refractivity contribution in [3.05, 3.63) is 64.4 Å². The number of likely N-dealkylation sites (tertiary alicyclic amines) is 1. The van der Waals surface area contributed by atoms with E-state index >= 15 is 0 Å². The number of carbonyl (C=O) groups is 1. The van der Waals surface area contributed by atoms with Gasteiger partial charge in [-0.2, -0.15) is 0 Å². The number of nitrogens with zero attached hydrogens (tertiary/aromatic N) is 3. The lowest BCUT2D eigenvalue weighted by atomic mass is 10.1. The van der Waals surface area contributed by atoms with Crippen molar-refractivity contribution in [3.63, 3.8) is 0 Å². The van der Waals surface area contributed by atoms with Gasteiger partial charge < -0.3 is 9.64 Å². The molecule has 7 nitrogen and oxygen atoms in total. The van der Waals surface area contributed by atoms with Crippen LogP contribution in [0.15, 0.2) is 47.4 Å². The zero-order valence-corrected chi connectivity index (χ0v) is 22.2. The van der Waals surface area contributed by atoms with Crippen LogP contribution in [0.3, 0.4) is 0 Å². The van der Waals surface area contributed by atoms with Crippen LogP contribution in [0.25, 0.3) is 6.08 Å². The molecule has 0 saturated carbocycles. The van der Waals surface area contributed by atoms with Crippen LogP contribution in [0.5, 0.6) is 5.75 Å². The minimum Gasteiger partial charge on any atom is -0.404 e. The molecule has 206 valence electrons. The number of ether oxygens (including phenoxy) is 1. The summed E-state index contributed by atoms with van der Waals surface area (Å²) in [6.07, 6.45) is -1.14. The molecule has 2 aromatic rings. The average molecular weight is 576 g/mol. The first-order valence-electron chi connectivity index (χ1n) is 11.7. The summed E-state index contributed by atoms with van der Waals surface area (Å²) in [6.45, 7) is 1.83. The highest BCUT2D eigenvalue weighted by Crippen LogP contribution is 2.36. The first kappa shape index (κ1) is 28.3. The molecule has 2 bridgehead atoms. The molecule has 2 aliphatic rings. The monoisotopic (exact) mass is 575 g/mol. The number of sulfonamides is 1. The first-order valence-corrected chi connectivity index (χ1v) is 13.6. The van der Waals surface area contributed by atoms with Gasteiger partial charge in [0.2, 0.25) is 15.9 Å². The van der Waals surface area contributed by atoms with Crippen LogP contribution >= 0.6 is 11.6 Å². The Hall–Kier alpha value is -2.67. The van der Waals surface area contributed by atoms with Crippen LogP contribution in [-0.4, -0.2) is 74.1 Å². The van der Waals surface area contributed by atoms with Crippen LogP contribution in [-0.2, 0) is 21.4 Å². The Bertz CT molecular complexity index is 1320. The third-order valence-electron chi connectivity index (χ3n) is 6.59. The number of amides is 1. The van der Waals surface area contributed by atoms with Gasteiger partial charge in [0.15, 0.2) is 0 Å². The molecule has 2 unspecified atom stereocenters. The molecule has 0 radical (unpaired) electrons. The van der Waals surface area contributed by atoms with Crippen molar-refractivity contribution < 1.29 is 35.5 Å². The van der Waals surface area contributed by atoms with Gasteiger partial charge in [-0.15, -0.1) is 13.2 Å². The van der Waals surface area contributed by atoms with E-state index in [1.165, 1.54) is 32.3 Å². The number of benzene rings is 2. The summed E-state index contributed by atoms with van der Waals surface area (Å²) in [6, 6.07) is 7.82. The number of carbonyl (C=O) groups excluding carboxylic acids is 1. The Morgan fingerprint density at radius 3 is 2.29 bits per heavy atom. The van der Waals surface area contributed by atoms with Crippen LogP contribution in [0.1, 0.15) is 24.0 Å². The van der Waals surface area contributed by atoms with Gasteiger partial charge in [0.1, 0.15) is 11.6 Å². The Morgan fingerprint density at radius 1 is 1.13 bits per heavy atom. The van der Waals surface area contributed by atoms with Gasteiger partial charge in [0.25, 0.3) is 0 Å². The molecule has 2 saturated heterocycles. The minimum absolute atomic E-state index is 0.0781. The lowest BCUT2D eigenvalue weighted by Crippen LogP contribution is -2.55. The summed E-state index contributed by atoms with van der Waals surface area (Å²) >= 11 is 5.90. The second-order valence-electron chi connectivity index (χ2n) is 9.44. The van der Waals surface area contributed by atoms with Crippen molar-refractivity contribution >= 4 is 33.6 Å². The lowest BCUT2D eigenvalue weighted by molar-refractivity contribution is -0.274. The molecule has 4 rings (SSSR count). The molecule has 2 fully saturated rings. The quantitative estimate of drug-likeness (QED) is 0.359. The van der Waals surface area contributed by atoms with E-state index in [-0.39, 0.29) is 34.3 Å². The molecular weight excluding hydrogens is 550 g/mol. The largest absolute Gasteiger partial charge is 0.573 e. The highest BCUT2D eigenvalue weighted by molar-refractivity contribution is 7.89. The van der Waals surface area contributed by atoms with Crippen molar-refractivity contribution in [2.24, 2.45) is 0 Å². The topological polar surface area (TPSA) is 70.2 Å². The Balaban J connectivity index is 1.55. The predicted octanol–water partition coefficient (Wildman–Crippen LogP) is 4.52. The van der Waals surface area contributed by atoms with Crippen LogP contribution < -0.4 is 4.74 Å². The zero-order chi connectivity index (χ0) is 27.8. The number of halogens is 5. The van der Waals surface area contributed by atoms with E-state index < -0.39 is 27.2 Å². The summed E-state index contributed by atoms with van der Waals surface area (Å²) in [5.41, 5.74) is 0.790. The lowest BCUT2D eigenvalue weighted by Gasteiger charge is -2.40. The van der Waals surface area contributed by atoms with E-state index in [4.69, 9.17) is 11.6 Å². The van der Waals surface area contributed by atoms with E-state index in [0.29, 0.717) is 19.6 Å². The molecule has 0 aliphatic carbocycles. The van der Waals surface area contributed by atoms with Crippen molar-refractivity contribution in [2.45, 2.75) is 42.7 Å². The molecule has 0 aromatic heterocycles. The number of hydrogen-bond acceptors (Lipinski definition) is 5. The standard InChI is InChI=1S/C25H26ClF4N3O4S/c1-31(2)38(35,36)23-12-21(26)22(37-25(28,29)30)11-17(23)5-10-24(34)33-19-8-9-20(33)15-32(14-19)13-16-3-6-18(27)7-4-16/h3-7,10-12,19-20H,8-9,13-15H2,1-2H3/b10-5+. The van der Waals surface area contributed by atoms with Crippen LogP contribution in [0.2, 0.25) is 5.02 Å². The normalized spacial score (nSPS) is 20.5. The number of fused-ring (bicyclic) bond motifs is 2. The van der Waals surface area contributed by atoms with E-state index in [2.05, 4.69) is 9.64 Å². The number of alkyl halides is 3. The maximum Gasteiger partial charge on any atom is 0.573 e. The maximum atomic E-state index is 13.2. The predicted molar refractivity (Wildman–Crippen MR) is 133 cm³/mol. The van der Waals surface area contributed by atoms with Gasteiger partial charge in [-0.1, -0.05) is 23.7 Å². The third kappa shape index (κ3) is 6.31. The molecule has 2 atom stereocenters. The number of hydrogen-bond donors (Lipinski definition) is 0. The molecule has 0 N–H and O–H groups in total. The average Bonchev–Trinajstić information content (AvgIpc) is 3.09. The van der Waals surface area contributed by atoms with Crippen molar-refractivity contribution in [1.82, 2.24) is 14.1 Å². The summed E-state index contributed by atoms with van der Waals surface area (Å²) in [5, 5.41) is -0.540. The highest BCUT2D eigenvalue weighted by atomic mass is 35.5. The van der Waals surface area contributed by atoms with Gasteiger partial charge in [0.05, 0.1) is 9.92 Å². The fourth-order valence-corrected chi connectivity index (χ4v) is 6.23. The Morgan fingerprint density at radius 2 is 1.74 bits per heavy atom. The van der Waals surface area contributed by atoms with E-state index in [0.717, 1.165) is 40.9 Å². The Labute approximate surface area is 223 Å².